The molecule has 0 spiro atoms. The summed E-state index contributed by atoms with van der Waals surface area (Å²) in [4.78, 5) is 8.36. The highest BCUT2D eigenvalue weighted by molar-refractivity contribution is 9.10. The van der Waals surface area contributed by atoms with Crippen molar-refractivity contribution in [3.8, 4) is 0 Å². The van der Waals surface area contributed by atoms with Crippen LogP contribution in [0.3, 0.4) is 0 Å². The summed E-state index contributed by atoms with van der Waals surface area (Å²) in [6.45, 7) is 4.76. The van der Waals surface area contributed by atoms with Crippen LogP contribution in [0.2, 0.25) is 0 Å². The van der Waals surface area contributed by atoms with Gasteiger partial charge in [0.1, 0.15) is 10.5 Å². The summed E-state index contributed by atoms with van der Waals surface area (Å²) in [6.07, 6.45) is 10.3. The van der Waals surface area contributed by atoms with Crippen molar-refractivity contribution in [2.75, 3.05) is 0 Å². The molecular weight excluding hydrogens is 344 g/mol. The molecule has 1 heterocycles. The molecule has 0 aliphatic heterocycles. The van der Waals surface area contributed by atoms with E-state index in [1.165, 1.54) is 57.1 Å². The standard InChI is InChI=1S/C17H25BrN2S/c1-17(2)9-7-12(8-10-17)15-19-14(11-5-3-4-6-11)13(18)16(21)20-15/h11-12H,3-10H2,1-2H3,(H,19,20,21). The fourth-order valence-corrected chi connectivity index (χ4v) is 4.58. The number of halogens is 1. The van der Waals surface area contributed by atoms with Crippen molar-refractivity contribution >= 4 is 28.1 Å². The molecule has 116 valence electrons. The van der Waals surface area contributed by atoms with Crippen LogP contribution in [0.25, 0.3) is 0 Å². The third-order valence-electron chi connectivity index (χ3n) is 5.40. The number of aromatic nitrogens is 2. The summed E-state index contributed by atoms with van der Waals surface area (Å²) in [5.74, 6) is 2.34. The maximum absolute atomic E-state index is 5.50. The minimum atomic E-state index is 0.497. The van der Waals surface area contributed by atoms with E-state index in [4.69, 9.17) is 12.2 Å². The minimum Gasteiger partial charge on any atom is -0.346 e. The summed E-state index contributed by atoms with van der Waals surface area (Å²) >= 11 is 9.17. The molecule has 0 bridgehead atoms. The summed E-state index contributed by atoms with van der Waals surface area (Å²) in [5.41, 5.74) is 1.81. The molecule has 1 aromatic rings. The average molecular weight is 369 g/mol. The van der Waals surface area contributed by atoms with Crippen molar-refractivity contribution in [1.29, 1.82) is 0 Å². The first-order valence-electron chi connectivity index (χ1n) is 8.26. The Morgan fingerprint density at radius 2 is 1.71 bits per heavy atom. The molecule has 2 aliphatic carbocycles. The molecule has 0 amide bonds. The van der Waals surface area contributed by atoms with Gasteiger partial charge in [0.05, 0.1) is 4.47 Å². The molecule has 0 unspecified atom stereocenters. The molecule has 2 fully saturated rings. The number of H-pyrrole nitrogens is 1. The average Bonchev–Trinajstić information content (AvgIpc) is 2.95. The predicted octanol–water partition coefficient (Wildman–Crippen LogP) is 6.24. The van der Waals surface area contributed by atoms with Gasteiger partial charge in [0, 0.05) is 17.5 Å². The predicted molar refractivity (Wildman–Crippen MR) is 93.3 cm³/mol. The molecule has 2 aliphatic rings. The van der Waals surface area contributed by atoms with Crippen LogP contribution in [0.1, 0.15) is 88.6 Å². The van der Waals surface area contributed by atoms with E-state index >= 15 is 0 Å². The van der Waals surface area contributed by atoms with E-state index in [1.807, 2.05) is 0 Å². The van der Waals surface area contributed by atoms with Gasteiger partial charge < -0.3 is 4.98 Å². The third kappa shape index (κ3) is 3.42. The van der Waals surface area contributed by atoms with Gasteiger partial charge in [-0.15, -0.1) is 0 Å². The first kappa shape index (κ1) is 15.7. The Kier molecular flexibility index (Phi) is 4.56. The molecule has 3 rings (SSSR count). The number of hydrogen-bond acceptors (Lipinski definition) is 2. The first-order chi connectivity index (χ1) is 9.96. The fraction of sp³-hybridized carbons (Fsp3) is 0.765. The van der Waals surface area contributed by atoms with Crippen LogP contribution < -0.4 is 0 Å². The Labute approximate surface area is 141 Å². The van der Waals surface area contributed by atoms with Crippen LogP contribution in [0.4, 0.5) is 0 Å². The molecule has 0 aromatic carbocycles. The molecule has 1 aromatic heterocycles. The van der Waals surface area contributed by atoms with Crippen molar-refractivity contribution in [3.63, 3.8) is 0 Å². The van der Waals surface area contributed by atoms with E-state index in [1.54, 1.807) is 0 Å². The molecule has 21 heavy (non-hydrogen) atoms. The van der Waals surface area contributed by atoms with Crippen LogP contribution >= 0.6 is 28.1 Å². The van der Waals surface area contributed by atoms with E-state index in [-0.39, 0.29) is 0 Å². The molecule has 2 nitrogen and oxygen atoms in total. The van der Waals surface area contributed by atoms with Gasteiger partial charge in [-0.1, -0.05) is 38.9 Å². The van der Waals surface area contributed by atoms with Crippen LogP contribution in [-0.2, 0) is 0 Å². The number of nitrogens with one attached hydrogen (secondary N) is 1. The van der Waals surface area contributed by atoms with Gasteiger partial charge in [-0.25, -0.2) is 4.98 Å². The van der Waals surface area contributed by atoms with Crippen molar-refractivity contribution in [1.82, 2.24) is 9.97 Å². The SMILES string of the molecule is CC1(C)CCC(c2nc(=S)c(Br)c(C3CCCC3)[nH]2)CC1. The second-order valence-electron chi connectivity index (χ2n) is 7.57. The maximum atomic E-state index is 5.50. The van der Waals surface area contributed by atoms with Crippen molar-refractivity contribution in [2.45, 2.75) is 77.0 Å². The second kappa shape index (κ2) is 6.11. The van der Waals surface area contributed by atoms with Crippen LogP contribution in [0, 0.1) is 10.1 Å². The molecule has 1 N–H and O–H groups in total. The Morgan fingerprint density at radius 1 is 1.10 bits per heavy atom. The summed E-state index contributed by atoms with van der Waals surface area (Å²) in [7, 11) is 0. The zero-order valence-corrected chi connectivity index (χ0v) is 15.4. The van der Waals surface area contributed by atoms with Gasteiger partial charge >= 0.3 is 0 Å². The number of hydrogen-bond donors (Lipinski definition) is 1. The van der Waals surface area contributed by atoms with Gasteiger partial charge in [-0.3, -0.25) is 0 Å². The summed E-state index contributed by atoms with van der Waals surface area (Å²) in [5, 5.41) is 0. The van der Waals surface area contributed by atoms with Crippen LogP contribution in [0.15, 0.2) is 4.47 Å². The molecule has 4 heteroatoms. The maximum Gasteiger partial charge on any atom is 0.144 e. The third-order valence-corrected chi connectivity index (χ3v) is 6.76. The molecule has 0 atom stereocenters. The van der Waals surface area contributed by atoms with Crippen molar-refractivity contribution in [3.05, 3.63) is 20.6 Å². The highest BCUT2D eigenvalue weighted by atomic mass is 79.9. The van der Waals surface area contributed by atoms with Gasteiger partial charge in [0.15, 0.2) is 0 Å². The normalized spacial score (nSPS) is 23.6. The van der Waals surface area contributed by atoms with E-state index in [9.17, 15) is 0 Å². The van der Waals surface area contributed by atoms with Gasteiger partial charge in [0.2, 0.25) is 0 Å². The molecule has 0 saturated heterocycles. The Balaban J connectivity index is 1.88. The lowest BCUT2D eigenvalue weighted by Crippen LogP contribution is -2.22. The highest BCUT2D eigenvalue weighted by Gasteiger charge is 2.30. The Hall–Kier alpha value is -0.220. The summed E-state index contributed by atoms with van der Waals surface area (Å²) < 4.78 is 1.78. The van der Waals surface area contributed by atoms with E-state index in [0.717, 1.165) is 14.9 Å². The van der Waals surface area contributed by atoms with E-state index < -0.39 is 0 Å². The van der Waals surface area contributed by atoms with Crippen molar-refractivity contribution in [2.24, 2.45) is 5.41 Å². The zero-order chi connectivity index (χ0) is 15.0. The number of aromatic amines is 1. The first-order valence-corrected chi connectivity index (χ1v) is 9.46. The van der Waals surface area contributed by atoms with Crippen LogP contribution in [-0.4, -0.2) is 9.97 Å². The molecule has 0 radical (unpaired) electrons. The van der Waals surface area contributed by atoms with Gasteiger partial charge in [-0.2, -0.15) is 0 Å². The van der Waals surface area contributed by atoms with E-state index in [0.29, 0.717) is 17.3 Å². The highest BCUT2D eigenvalue weighted by Crippen LogP contribution is 2.43. The second-order valence-corrected chi connectivity index (χ2v) is 8.75. The lowest BCUT2D eigenvalue weighted by atomic mass is 9.73. The molecule has 2 saturated carbocycles. The number of nitrogens with zero attached hydrogens (tertiary/aromatic N) is 1. The zero-order valence-electron chi connectivity index (χ0n) is 13.0. The monoisotopic (exact) mass is 368 g/mol. The molecular formula is C17H25BrN2S. The smallest absolute Gasteiger partial charge is 0.144 e. The largest absolute Gasteiger partial charge is 0.346 e. The van der Waals surface area contributed by atoms with Gasteiger partial charge in [-0.05, 0) is 59.9 Å². The summed E-state index contributed by atoms with van der Waals surface area (Å²) in [6, 6.07) is 0. The lowest BCUT2D eigenvalue weighted by molar-refractivity contribution is 0.220. The quantitative estimate of drug-likeness (QED) is 0.625. The Morgan fingerprint density at radius 3 is 2.33 bits per heavy atom. The van der Waals surface area contributed by atoms with Gasteiger partial charge in [0.25, 0.3) is 0 Å². The topological polar surface area (TPSA) is 28.7 Å². The minimum absolute atomic E-state index is 0.497. The van der Waals surface area contributed by atoms with Crippen LogP contribution in [0.5, 0.6) is 0 Å². The fourth-order valence-electron chi connectivity index (χ4n) is 3.86. The lowest BCUT2D eigenvalue weighted by Gasteiger charge is -2.34. The number of rotatable bonds is 2. The van der Waals surface area contributed by atoms with Crippen molar-refractivity contribution < 1.29 is 0 Å². The van der Waals surface area contributed by atoms with E-state index in [2.05, 4.69) is 39.7 Å². The Bertz CT molecular complexity index is 563.